The van der Waals surface area contributed by atoms with E-state index >= 15 is 0 Å². The van der Waals surface area contributed by atoms with E-state index in [-0.39, 0.29) is 0 Å². The van der Waals surface area contributed by atoms with E-state index in [1.165, 1.54) is 0 Å². The van der Waals surface area contributed by atoms with E-state index in [0.717, 1.165) is 24.5 Å². The highest BCUT2D eigenvalue weighted by Gasteiger charge is 2.03. The number of aromatic nitrogens is 5. The number of methoxy groups -OCH3 is 1. The van der Waals surface area contributed by atoms with Crippen LogP contribution in [0.25, 0.3) is 0 Å². The highest BCUT2D eigenvalue weighted by atomic mass is 16.5. The topological polar surface area (TPSA) is 69.8 Å². The first-order chi connectivity index (χ1) is 8.79. The first kappa shape index (κ1) is 12.7. The minimum Gasteiger partial charge on any atom is -0.383 e. The Morgan fingerprint density at radius 1 is 1.39 bits per heavy atom. The van der Waals surface area contributed by atoms with Gasteiger partial charge in [0, 0.05) is 39.0 Å². The lowest BCUT2D eigenvalue weighted by molar-refractivity contribution is 0.199. The summed E-state index contributed by atoms with van der Waals surface area (Å²) in [7, 11) is 3.57. The summed E-state index contributed by atoms with van der Waals surface area (Å²) < 4.78 is 8.57. The van der Waals surface area contributed by atoms with E-state index in [2.05, 4.69) is 20.5 Å². The second kappa shape index (κ2) is 6.27. The van der Waals surface area contributed by atoms with Crippen LogP contribution in [0, 0.1) is 0 Å². The van der Waals surface area contributed by atoms with Gasteiger partial charge in [0.25, 0.3) is 0 Å². The van der Waals surface area contributed by atoms with Crippen molar-refractivity contribution in [1.82, 2.24) is 29.9 Å². The molecule has 0 spiro atoms. The van der Waals surface area contributed by atoms with Crippen molar-refractivity contribution in [1.29, 1.82) is 0 Å². The maximum Gasteiger partial charge on any atom is 0.148 e. The van der Waals surface area contributed by atoms with Crippen LogP contribution in [0.15, 0.2) is 18.7 Å². The Labute approximate surface area is 106 Å². The van der Waals surface area contributed by atoms with Crippen LogP contribution in [-0.2, 0) is 24.9 Å². The smallest absolute Gasteiger partial charge is 0.148 e. The summed E-state index contributed by atoms with van der Waals surface area (Å²) in [5.74, 6) is 0.886. The van der Waals surface area contributed by atoms with Crippen LogP contribution in [0.4, 0.5) is 0 Å². The zero-order valence-corrected chi connectivity index (χ0v) is 10.7. The molecule has 2 heterocycles. The van der Waals surface area contributed by atoms with Gasteiger partial charge < -0.3 is 10.1 Å². The zero-order chi connectivity index (χ0) is 12.8. The summed E-state index contributed by atoms with van der Waals surface area (Å²) in [6, 6.07) is 0. The van der Waals surface area contributed by atoms with Gasteiger partial charge in [-0.05, 0) is 0 Å². The summed E-state index contributed by atoms with van der Waals surface area (Å²) in [6.07, 6.45) is 5.41. The van der Waals surface area contributed by atoms with Gasteiger partial charge in [-0.3, -0.25) is 9.36 Å². The van der Waals surface area contributed by atoms with Gasteiger partial charge in [0.15, 0.2) is 0 Å². The second-order valence-electron chi connectivity index (χ2n) is 4.02. The molecule has 0 saturated heterocycles. The summed E-state index contributed by atoms with van der Waals surface area (Å²) >= 11 is 0. The Balaban J connectivity index is 1.84. The van der Waals surface area contributed by atoms with Crippen molar-refractivity contribution >= 4 is 0 Å². The molecule has 0 radical (unpaired) electrons. The van der Waals surface area contributed by atoms with E-state index in [9.17, 15) is 0 Å². The van der Waals surface area contributed by atoms with Crippen LogP contribution in [-0.4, -0.2) is 44.8 Å². The number of aryl methyl sites for hydroxylation is 1. The van der Waals surface area contributed by atoms with Crippen molar-refractivity contribution in [2.24, 2.45) is 7.05 Å². The van der Waals surface area contributed by atoms with E-state index in [0.29, 0.717) is 13.2 Å². The molecule has 2 rings (SSSR count). The molecule has 0 bridgehead atoms. The molecule has 7 nitrogen and oxygen atoms in total. The second-order valence-corrected chi connectivity index (χ2v) is 4.02. The van der Waals surface area contributed by atoms with E-state index in [4.69, 9.17) is 4.74 Å². The lowest BCUT2D eigenvalue weighted by Gasteiger charge is -2.01. The third-order valence-corrected chi connectivity index (χ3v) is 2.61. The van der Waals surface area contributed by atoms with Crippen molar-refractivity contribution in [3.8, 4) is 0 Å². The molecule has 2 aromatic rings. The monoisotopic (exact) mass is 250 g/mol. The summed E-state index contributed by atoms with van der Waals surface area (Å²) in [4.78, 5) is 4.17. The number of nitrogens with one attached hydrogen (secondary N) is 1. The third-order valence-electron chi connectivity index (χ3n) is 2.61. The molecule has 0 saturated carbocycles. The van der Waals surface area contributed by atoms with Crippen molar-refractivity contribution in [3.05, 3.63) is 30.1 Å². The molecule has 0 fully saturated rings. The van der Waals surface area contributed by atoms with Crippen LogP contribution in [0.1, 0.15) is 11.4 Å². The van der Waals surface area contributed by atoms with Crippen LogP contribution in [0.3, 0.4) is 0 Å². The summed E-state index contributed by atoms with van der Waals surface area (Å²) in [6.45, 7) is 2.98. The predicted octanol–water partition coefficient (Wildman–Crippen LogP) is -0.204. The molecule has 7 heteroatoms. The summed E-state index contributed by atoms with van der Waals surface area (Å²) in [5, 5.41) is 11.6. The van der Waals surface area contributed by atoms with E-state index in [1.807, 2.05) is 24.1 Å². The Hall–Kier alpha value is -1.73. The zero-order valence-electron chi connectivity index (χ0n) is 10.7. The van der Waals surface area contributed by atoms with Gasteiger partial charge in [-0.2, -0.15) is 10.2 Å². The first-order valence-corrected chi connectivity index (χ1v) is 5.83. The largest absolute Gasteiger partial charge is 0.383 e. The molecule has 1 N–H and O–H groups in total. The molecule has 0 aliphatic heterocycles. The summed E-state index contributed by atoms with van der Waals surface area (Å²) in [5.41, 5.74) is 1.15. The highest BCUT2D eigenvalue weighted by Crippen LogP contribution is 2.00. The lowest BCUT2D eigenvalue weighted by Crippen LogP contribution is -2.18. The fourth-order valence-electron chi connectivity index (χ4n) is 1.60. The molecule has 0 amide bonds. The lowest BCUT2D eigenvalue weighted by atomic mass is 10.3. The maximum atomic E-state index is 4.97. The van der Waals surface area contributed by atoms with Crippen molar-refractivity contribution < 1.29 is 4.74 Å². The Bertz CT molecular complexity index is 477. The quantitative estimate of drug-likeness (QED) is 0.689. The molecule has 0 aliphatic rings. The van der Waals surface area contributed by atoms with Crippen molar-refractivity contribution in [3.63, 3.8) is 0 Å². The number of nitrogens with zero attached hydrogens (tertiary/aromatic N) is 5. The SMILES string of the molecule is COCCNCc1cnn(Cc2ncnn2C)c1. The normalized spacial score (nSPS) is 11.0. The molecule has 0 unspecified atom stereocenters. The van der Waals surface area contributed by atoms with Gasteiger partial charge in [-0.15, -0.1) is 0 Å². The highest BCUT2D eigenvalue weighted by molar-refractivity contribution is 5.04. The van der Waals surface area contributed by atoms with Crippen LogP contribution in [0.5, 0.6) is 0 Å². The van der Waals surface area contributed by atoms with Crippen LogP contribution >= 0.6 is 0 Å². The Morgan fingerprint density at radius 3 is 3.00 bits per heavy atom. The minimum absolute atomic E-state index is 0.634. The van der Waals surface area contributed by atoms with Gasteiger partial charge in [-0.25, -0.2) is 4.98 Å². The minimum atomic E-state index is 0.634. The van der Waals surface area contributed by atoms with Gasteiger partial charge in [-0.1, -0.05) is 0 Å². The number of hydrogen-bond donors (Lipinski definition) is 1. The number of rotatable bonds is 7. The van der Waals surface area contributed by atoms with Crippen LogP contribution in [0.2, 0.25) is 0 Å². The van der Waals surface area contributed by atoms with Crippen molar-refractivity contribution in [2.75, 3.05) is 20.3 Å². The fraction of sp³-hybridized carbons (Fsp3) is 0.545. The van der Waals surface area contributed by atoms with E-state index < -0.39 is 0 Å². The Morgan fingerprint density at radius 2 is 2.28 bits per heavy atom. The molecule has 18 heavy (non-hydrogen) atoms. The number of hydrogen-bond acceptors (Lipinski definition) is 5. The first-order valence-electron chi connectivity index (χ1n) is 5.83. The molecule has 0 atom stereocenters. The van der Waals surface area contributed by atoms with Crippen molar-refractivity contribution in [2.45, 2.75) is 13.1 Å². The Kier molecular flexibility index (Phi) is 4.43. The van der Waals surface area contributed by atoms with Gasteiger partial charge in [0.05, 0.1) is 12.8 Å². The average Bonchev–Trinajstić information content (AvgIpc) is 2.96. The number of ether oxygens (including phenoxy) is 1. The standard InChI is InChI=1S/C11H18N6O/c1-16-11(13-9-15-16)8-17-7-10(6-14-17)5-12-3-4-18-2/h6-7,9,12H,3-5,8H2,1-2H3. The van der Waals surface area contributed by atoms with Gasteiger partial charge >= 0.3 is 0 Å². The molecular formula is C11H18N6O. The maximum absolute atomic E-state index is 4.97. The molecule has 98 valence electrons. The average molecular weight is 250 g/mol. The predicted molar refractivity (Wildman–Crippen MR) is 65.9 cm³/mol. The molecular weight excluding hydrogens is 232 g/mol. The fourth-order valence-corrected chi connectivity index (χ4v) is 1.60. The van der Waals surface area contributed by atoms with Gasteiger partial charge in [0.2, 0.25) is 0 Å². The molecule has 2 aromatic heterocycles. The third kappa shape index (κ3) is 3.38. The molecule has 0 aromatic carbocycles. The van der Waals surface area contributed by atoms with Crippen LogP contribution < -0.4 is 5.32 Å². The molecule has 0 aliphatic carbocycles. The van der Waals surface area contributed by atoms with Gasteiger partial charge in [0.1, 0.15) is 18.7 Å². The van der Waals surface area contributed by atoms with E-state index in [1.54, 1.807) is 18.1 Å².